The molecule has 1 heterocycles. The van der Waals surface area contributed by atoms with Crippen molar-refractivity contribution in [3.63, 3.8) is 0 Å². The van der Waals surface area contributed by atoms with Crippen LogP contribution in [0.3, 0.4) is 0 Å². The Labute approximate surface area is 154 Å². The molecule has 2 aromatic carbocycles. The SMILES string of the molecule is CN(c1ccccc1)S(=O)(=O)c1cccc(C(=O)N2CCC(CN)C2)c1. The minimum Gasteiger partial charge on any atom is -0.338 e. The highest BCUT2D eigenvalue weighted by molar-refractivity contribution is 7.92. The van der Waals surface area contributed by atoms with E-state index in [1.807, 2.05) is 6.07 Å². The van der Waals surface area contributed by atoms with Crippen molar-refractivity contribution in [2.75, 3.05) is 31.0 Å². The Morgan fingerprint density at radius 1 is 1.19 bits per heavy atom. The van der Waals surface area contributed by atoms with Crippen LogP contribution in [0.25, 0.3) is 0 Å². The lowest BCUT2D eigenvalue weighted by atomic mass is 10.1. The molecule has 1 amide bonds. The lowest BCUT2D eigenvalue weighted by Crippen LogP contribution is -2.30. The van der Waals surface area contributed by atoms with Gasteiger partial charge in [-0.05, 0) is 49.2 Å². The van der Waals surface area contributed by atoms with Gasteiger partial charge in [0.2, 0.25) is 0 Å². The quantitative estimate of drug-likeness (QED) is 0.868. The van der Waals surface area contributed by atoms with Gasteiger partial charge in [0.1, 0.15) is 0 Å². The second-order valence-electron chi connectivity index (χ2n) is 6.48. The van der Waals surface area contributed by atoms with Gasteiger partial charge < -0.3 is 10.6 Å². The van der Waals surface area contributed by atoms with Gasteiger partial charge in [0.05, 0.1) is 10.6 Å². The molecule has 1 unspecified atom stereocenters. The summed E-state index contributed by atoms with van der Waals surface area (Å²) < 4.78 is 27.0. The summed E-state index contributed by atoms with van der Waals surface area (Å²) in [6.45, 7) is 1.83. The van der Waals surface area contributed by atoms with Crippen LogP contribution in [0.1, 0.15) is 16.8 Å². The Kier molecular flexibility index (Phi) is 5.29. The molecule has 0 radical (unpaired) electrons. The molecule has 138 valence electrons. The average molecular weight is 373 g/mol. The summed E-state index contributed by atoms with van der Waals surface area (Å²) in [5, 5.41) is 0. The van der Waals surface area contributed by atoms with Crippen LogP contribution in [0.5, 0.6) is 0 Å². The maximum atomic E-state index is 12.9. The van der Waals surface area contributed by atoms with Crippen LogP contribution in [-0.2, 0) is 10.0 Å². The summed E-state index contributed by atoms with van der Waals surface area (Å²) in [7, 11) is -2.24. The number of carbonyl (C=O) groups excluding carboxylic acids is 1. The smallest absolute Gasteiger partial charge is 0.264 e. The van der Waals surface area contributed by atoms with Gasteiger partial charge in [-0.2, -0.15) is 0 Å². The molecule has 2 aromatic rings. The molecular weight excluding hydrogens is 350 g/mol. The zero-order valence-corrected chi connectivity index (χ0v) is 15.5. The van der Waals surface area contributed by atoms with Crippen molar-refractivity contribution in [1.29, 1.82) is 0 Å². The molecule has 3 rings (SSSR count). The number of carbonyl (C=O) groups is 1. The van der Waals surface area contributed by atoms with Crippen LogP contribution >= 0.6 is 0 Å². The summed E-state index contributed by atoms with van der Waals surface area (Å²) >= 11 is 0. The molecule has 1 atom stereocenters. The Morgan fingerprint density at radius 3 is 2.58 bits per heavy atom. The predicted molar refractivity (Wildman–Crippen MR) is 102 cm³/mol. The molecule has 1 aliphatic heterocycles. The standard InChI is InChI=1S/C19H23N3O3S/c1-21(17-7-3-2-4-8-17)26(24,25)18-9-5-6-16(12-18)19(23)22-11-10-15(13-20)14-22/h2-9,12,15H,10-11,13-14,20H2,1H3. The van der Waals surface area contributed by atoms with Crippen LogP contribution in [0, 0.1) is 5.92 Å². The van der Waals surface area contributed by atoms with Gasteiger partial charge >= 0.3 is 0 Å². The first-order valence-electron chi connectivity index (χ1n) is 8.57. The van der Waals surface area contributed by atoms with E-state index in [-0.39, 0.29) is 10.8 Å². The number of hydrogen-bond acceptors (Lipinski definition) is 4. The summed E-state index contributed by atoms with van der Waals surface area (Å²) in [5.41, 5.74) is 6.63. The molecule has 7 heteroatoms. The zero-order chi connectivity index (χ0) is 18.7. The van der Waals surface area contributed by atoms with E-state index in [0.717, 1.165) is 6.42 Å². The maximum Gasteiger partial charge on any atom is 0.264 e. The highest BCUT2D eigenvalue weighted by Gasteiger charge is 2.27. The van der Waals surface area contributed by atoms with Crippen molar-refractivity contribution in [3.05, 3.63) is 60.2 Å². The van der Waals surface area contributed by atoms with Gasteiger partial charge in [-0.1, -0.05) is 24.3 Å². The van der Waals surface area contributed by atoms with Crippen LogP contribution in [0.15, 0.2) is 59.5 Å². The molecule has 2 N–H and O–H groups in total. The number of amides is 1. The number of benzene rings is 2. The molecule has 0 aromatic heterocycles. The molecule has 26 heavy (non-hydrogen) atoms. The minimum atomic E-state index is -3.74. The number of hydrogen-bond donors (Lipinski definition) is 1. The van der Waals surface area contributed by atoms with Crippen molar-refractivity contribution in [3.8, 4) is 0 Å². The number of nitrogens with zero attached hydrogens (tertiary/aromatic N) is 2. The van der Waals surface area contributed by atoms with Crippen molar-refractivity contribution in [2.24, 2.45) is 11.7 Å². The van der Waals surface area contributed by atoms with E-state index in [1.165, 1.54) is 23.5 Å². The Morgan fingerprint density at radius 2 is 1.92 bits per heavy atom. The van der Waals surface area contributed by atoms with Gasteiger partial charge in [0, 0.05) is 25.7 Å². The number of rotatable bonds is 5. The summed E-state index contributed by atoms with van der Waals surface area (Å²) in [6, 6.07) is 15.1. The number of anilines is 1. The fraction of sp³-hybridized carbons (Fsp3) is 0.316. The number of sulfonamides is 1. The molecule has 1 aliphatic rings. The van der Waals surface area contributed by atoms with Gasteiger partial charge in [-0.3, -0.25) is 9.10 Å². The summed E-state index contributed by atoms with van der Waals surface area (Å²) in [5.74, 6) is 0.162. The third-order valence-corrected chi connectivity index (χ3v) is 6.55. The molecule has 0 bridgehead atoms. The van der Waals surface area contributed by atoms with Crippen LogP contribution in [0.2, 0.25) is 0 Å². The average Bonchev–Trinajstić information content (AvgIpc) is 3.17. The first kappa shape index (κ1) is 18.4. The van der Waals surface area contributed by atoms with Crippen molar-refractivity contribution < 1.29 is 13.2 Å². The topological polar surface area (TPSA) is 83.7 Å². The number of likely N-dealkylation sites (tertiary alicyclic amines) is 1. The number of para-hydroxylation sites is 1. The van der Waals surface area contributed by atoms with Crippen LogP contribution in [-0.4, -0.2) is 45.9 Å². The van der Waals surface area contributed by atoms with E-state index in [4.69, 9.17) is 5.73 Å². The fourth-order valence-corrected chi connectivity index (χ4v) is 4.36. The molecule has 1 fully saturated rings. The zero-order valence-electron chi connectivity index (χ0n) is 14.7. The summed E-state index contributed by atoms with van der Waals surface area (Å²) in [6.07, 6.45) is 0.886. The molecule has 6 nitrogen and oxygen atoms in total. The van der Waals surface area contributed by atoms with E-state index >= 15 is 0 Å². The molecule has 0 aliphatic carbocycles. The summed E-state index contributed by atoms with van der Waals surface area (Å²) in [4.78, 5) is 14.5. The largest absolute Gasteiger partial charge is 0.338 e. The van der Waals surface area contributed by atoms with E-state index in [1.54, 1.807) is 41.3 Å². The lowest BCUT2D eigenvalue weighted by Gasteiger charge is -2.20. The Bertz CT molecular complexity index is 884. The van der Waals surface area contributed by atoms with E-state index in [9.17, 15) is 13.2 Å². The van der Waals surface area contributed by atoms with Crippen LogP contribution in [0.4, 0.5) is 5.69 Å². The third-order valence-electron chi connectivity index (χ3n) is 4.77. The third kappa shape index (κ3) is 3.59. The molecular formula is C19H23N3O3S. The van der Waals surface area contributed by atoms with Crippen molar-refractivity contribution >= 4 is 21.6 Å². The fourth-order valence-electron chi connectivity index (χ4n) is 3.12. The first-order valence-corrected chi connectivity index (χ1v) is 10.0. The van der Waals surface area contributed by atoms with Gasteiger partial charge in [-0.25, -0.2) is 8.42 Å². The van der Waals surface area contributed by atoms with Crippen molar-refractivity contribution in [1.82, 2.24) is 4.90 Å². The first-order chi connectivity index (χ1) is 12.4. The van der Waals surface area contributed by atoms with Gasteiger partial charge in [0.25, 0.3) is 15.9 Å². The van der Waals surface area contributed by atoms with E-state index < -0.39 is 10.0 Å². The maximum absolute atomic E-state index is 12.9. The second-order valence-corrected chi connectivity index (χ2v) is 8.45. The second kappa shape index (κ2) is 7.47. The van der Waals surface area contributed by atoms with E-state index in [0.29, 0.717) is 36.8 Å². The van der Waals surface area contributed by atoms with Crippen LogP contribution < -0.4 is 10.0 Å². The Hall–Kier alpha value is -2.38. The normalized spacial score (nSPS) is 17.3. The molecule has 1 saturated heterocycles. The Balaban J connectivity index is 1.86. The molecule has 0 spiro atoms. The number of nitrogens with two attached hydrogens (primary N) is 1. The van der Waals surface area contributed by atoms with Gasteiger partial charge in [0.15, 0.2) is 0 Å². The van der Waals surface area contributed by atoms with Gasteiger partial charge in [-0.15, -0.1) is 0 Å². The minimum absolute atomic E-state index is 0.101. The highest BCUT2D eigenvalue weighted by atomic mass is 32.2. The highest BCUT2D eigenvalue weighted by Crippen LogP contribution is 2.24. The van der Waals surface area contributed by atoms with E-state index in [2.05, 4.69) is 0 Å². The lowest BCUT2D eigenvalue weighted by molar-refractivity contribution is 0.0787. The molecule has 0 saturated carbocycles. The monoisotopic (exact) mass is 373 g/mol. The van der Waals surface area contributed by atoms with Crippen molar-refractivity contribution in [2.45, 2.75) is 11.3 Å². The predicted octanol–water partition coefficient (Wildman–Crippen LogP) is 1.93.